The van der Waals surface area contributed by atoms with Crippen molar-refractivity contribution in [1.82, 2.24) is 10.1 Å². The lowest BCUT2D eigenvalue weighted by Crippen LogP contribution is -2.49. The quantitative estimate of drug-likeness (QED) is 0.800. The van der Waals surface area contributed by atoms with Crippen molar-refractivity contribution in [1.29, 1.82) is 0 Å². The minimum atomic E-state index is -0.601. The topological polar surface area (TPSA) is 111 Å². The summed E-state index contributed by atoms with van der Waals surface area (Å²) >= 11 is 0. The second-order valence-corrected chi connectivity index (χ2v) is 5.54. The third-order valence-corrected chi connectivity index (χ3v) is 3.71. The van der Waals surface area contributed by atoms with E-state index in [1.165, 1.54) is 4.90 Å². The monoisotopic (exact) mass is 310 g/mol. The van der Waals surface area contributed by atoms with E-state index in [0.717, 1.165) is 12.8 Å². The highest BCUT2D eigenvalue weighted by atomic mass is 16.5. The van der Waals surface area contributed by atoms with Gasteiger partial charge in [-0.3, -0.25) is 9.59 Å². The molecule has 8 nitrogen and oxygen atoms in total. The summed E-state index contributed by atoms with van der Waals surface area (Å²) in [6.45, 7) is 2.90. The summed E-state index contributed by atoms with van der Waals surface area (Å²) in [5.74, 6) is 0.449. The molecule has 1 fully saturated rings. The Morgan fingerprint density at radius 1 is 1.50 bits per heavy atom. The van der Waals surface area contributed by atoms with E-state index in [0.29, 0.717) is 24.8 Å². The molecule has 1 aliphatic heterocycles. The molecule has 0 bridgehead atoms. The first kappa shape index (κ1) is 16.4. The van der Waals surface area contributed by atoms with E-state index in [1.807, 2.05) is 0 Å². The number of likely N-dealkylation sites (N-methyl/N-ethyl adjacent to an activating group) is 1. The second kappa shape index (κ2) is 7.37. The molecule has 1 aromatic rings. The van der Waals surface area contributed by atoms with Crippen LogP contribution in [0.15, 0.2) is 10.6 Å². The zero-order valence-corrected chi connectivity index (χ0v) is 12.9. The van der Waals surface area contributed by atoms with Gasteiger partial charge in [-0.2, -0.15) is 0 Å². The summed E-state index contributed by atoms with van der Waals surface area (Å²) in [5.41, 5.74) is 6.02. The largest absolute Gasteiger partial charge is 0.381 e. The van der Waals surface area contributed by atoms with Crippen molar-refractivity contribution < 1.29 is 18.8 Å². The number of carbonyl (C=O) groups excluding carboxylic acids is 2. The Balaban J connectivity index is 1.83. The number of nitrogens with one attached hydrogen (secondary N) is 1. The van der Waals surface area contributed by atoms with Gasteiger partial charge in [-0.25, -0.2) is 0 Å². The third-order valence-electron chi connectivity index (χ3n) is 3.71. The van der Waals surface area contributed by atoms with Crippen LogP contribution in [0.4, 0.5) is 5.82 Å². The molecule has 2 amide bonds. The van der Waals surface area contributed by atoms with Crippen LogP contribution < -0.4 is 11.1 Å². The molecular weight excluding hydrogens is 288 g/mol. The highest BCUT2D eigenvalue weighted by molar-refractivity contribution is 5.94. The first-order valence-electron chi connectivity index (χ1n) is 7.29. The van der Waals surface area contributed by atoms with Crippen LogP contribution in [0.1, 0.15) is 18.6 Å². The maximum Gasteiger partial charge on any atom is 0.245 e. The number of hydrogen-bond donors (Lipinski definition) is 2. The summed E-state index contributed by atoms with van der Waals surface area (Å²) in [4.78, 5) is 25.5. The van der Waals surface area contributed by atoms with Gasteiger partial charge < -0.3 is 25.2 Å². The molecule has 22 heavy (non-hydrogen) atoms. The average Bonchev–Trinajstić information content (AvgIpc) is 2.91. The summed E-state index contributed by atoms with van der Waals surface area (Å²) in [6, 6.07) is 1.00. The lowest BCUT2D eigenvalue weighted by Gasteiger charge is -2.29. The lowest BCUT2D eigenvalue weighted by atomic mass is 9.91. The minimum Gasteiger partial charge on any atom is -0.381 e. The van der Waals surface area contributed by atoms with E-state index in [1.54, 1.807) is 20.0 Å². The minimum absolute atomic E-state index is 0.0817. The molecule has 1 saturated heterocycles. The SMILES string of the molecule is Cc1cc(NC(=O)CN(C)C(=O)C(N)C2CCOCC2)no1. The predicted octanol–water partition coefficient (Wildman–Crippen LogP) is 0.134. The molecule has 8 heteroatoms. The van der Waals surface area contributed by atoms with Crippen LogP contribution in [-0.2, 0) is 14.3 Å². The van der Waals surface area contributed by atoms with E-state index in [9.17, 15) is 9.59 Å². The lowest BCUT2D eigenvalue weighted by molar-refractivity contribution is -0.136. The van der Waals surface area contributed by atoms with Crippen molar-refractivity contribution in [2.75, 3.05) is 32.1 Å². The van der Waals surface area contributed by atoms with Crippen LogP contribution in [-0.4, -0.2) is 54.7 Å². The molecule has 2 heterocycles. The molecule has 0 radical (unpaired) electrons. The van der Waals surface area contributed by atoms with E-state index in [-0.39, 0.29) is 24.3 Å². The molecule has 0 aliphatic carbocycles. The summed E-state index contributed by atoms with van der Waals surface area (Å²) < 4.78 is 10.1. The number of rotatable bonds is 5. The Morgan fingerprint density at radius 3 is 2.77 bits per heavy atom. The standard InChI is InChI=1S/C14H22N4O4/c1-9-7-11(17-22-9)16-12(19)8-18(2)14(20)13(15)10-3-5-21-6-4-10/h7,10,13H,3-6,8,15H2,1-2H3,(H,16,17,19). The number of aryl methyl sites for hydroxylation is 1. The number of amides is 2. The summed E-state index contributed by atoms with van der Waals surface area (Å²) in [7, 11) is 1.56. The van der Waals surface area contributed by atoms with Crippen LogP contribution in [0, 0.1) is 12.8 Å². The fraction of sp³-hybridized carbons (Fsp3) is 0.643. The number of ether oxygens (including phenoxy) is 1. The first-order chi connectivity index (χ1) is 10.5. The number of hydrogen-bond acceptors (Lipinski definition) is 6. The van der Waals surface area contributed by atoms with Crippen LogP contribution >= 0.6 is 0 Å². The van der Waals surface area contributed by atoms with Gasteiger partial charge >= 0.3 is 0 Å². The molecular formula is C14H22N4O4. The van der Waals surface area contributed by atoms with Crippen molar-refractivity contribution in [3.8, 4) is 0 Å². The Morgan fingerprint density at radius 2 is 2.18 bits per heavy atom. The Kier molecular flexibility index (Phi) is 5.51. The fourth-order valence-corrected chi connectivity index (χ4v) is 2.43. The normalized spacial score (nSPS) is 17.0. The van der Waals surface area contributed by atoms with E-state index < -0.39 is 6.04 Å². The molecule has 1 atom stereocenters. The van der Waals surface area contributed by atoms with Gasteiger partial charge in [0.25, 0.3) is 0 Å². The molecule has 0 spiro atoms. The predicted molar refractivity (Wildman–Crippen MR) is 79.0 cm³/mol. The summed E-state index contributed by atoms with van der Waals surface area (Å²) in [5, 5.41) is 6.24. The molecule has 3 N–H and O–H groups in total. The van der Waals surface area contributed by atoms with Crippen LogP contribution in [0.25, 0.3) is 0 Å². The van der Waals surface area contributed by atoms with E-state index in [2.05, 4.69) is 10.5 Å². The number of carbonyl (C=O) groups is 2. The summed E-state index contributed by atoms with van der Waals surface area (Å²) in [6.07, 6.45) is 1.54. The molecule has 0 aromatic carbocycles. The van der Waals surface area contributed by atoms with Gasteiger partial charge in [-0.15, -0.1) is 0 Å². The van der Waals surface area contributed by atoms with Crippen LogP contribution in [0.5, 0.6) is 0 Å². The van der Waals surface area contributed by atoms with Gasteiger partial charge in [0.15, 0.2) is 5.82 Å². The Hall–Kier alpha value is -1.93. The molecule has 2 rings (SSSR count). The second-order valence-electron chi connectivity index (χ2n) is 5.54. The maximum atomic E-state index is 12.3. The maximum absolute atomic E-state index is 12.3. The zero-order chi connectivity index (χ0) is 16.1. The molecule has 0 saturated carbocycles. The highest BCUT2D eigenvalue weighted by Crippen LogP contribution is 2.18. The third kappa shape index (κ3) is 4.28. The molecule has 122 valence electrons. The van der Waals surface area contributed by atoms with Crippen LogP contribution in [0.3, 0.4) is 0 Å². The van der Waals surface area contributed by atoms with Crippen LogP contribution in [0.2, 0.25) is 0 Å². The van der Waals surface area contributed by atoms with Gasteiger partial charge in [0.05, 0.1) is 12.6 Å². The van der Waals surface area contributed by atoms with Crippen molar-refractivity contribution in [2.24, 2.45) is 11.7 Å². The number of nitrogens with two attached hydrogens (primary N) is 1. The van der Waals surface area contributed by atoms with Crippen molar-refractivity contribution in [2.45, 2.75) is 25.8 Å². The Bertz CT molecular complexity index is 525. The van der Waals surface area contributed by atoms with Gasteiger partial charge in [0, 0.05) is 26.3 Å². The van der Waals surface area contributed by atoms with Crippen molar-refractivity contribution in [3.63, 3.8) is 0 Å². The zero-order valence-electron chi connectivity index (χ0n) is 12.9. The van der Waals surface area contributed by atoms with Gasteiger partial charge in [-0.1, -0.05) is 5.16 Å². The Labute approximate surface area is 128 Å². The number of aromatic nitrogens is 1. The van der Waals surface area contributed by atoms with E-state index in [4.69, 9.17) is 15.0 Å². The van der Waals surface area contributed by atoms with Crippen molar-refractivity contribution in [3.05, 3.63) is 11.8 Å². The fourth-order valence-electron chi connectivity index (χ4n) is 2.43. The van der Waals surface area contributed by atoms with Gasteiger partial charge in [-0.05, 0) is 25.7 Å². The highest BCUT2D eigenvalue weighted by Gasteiger charge is 2.29. The molecule has 1 unspecified atom stereocenters. The first-order valence-corrected chi connectivity index (χ1v) is 7.29. The number of anilines is 1. The molecule has 1 aromatic heterocycles. The smallest absolute Gasteiger partial charge is 0.245 e. The van der Waals surface area contributed by atoms with Gasteiger partial charge in [0.2, 0.25) is 11.8 Å². The van der Waals surface area contributed by atoms with E-state index >= 15 is 0 Å². The van der Waals surface area contributed by atoms with Crippen molar-refractivity contribution >= 4 is 17.6 Å². The van der Waals surface area contributed by atoms with Gasteiger partial charge in [0.1, 0.15) is 5.76 Å². The number of nitrogens with zero attached hydrogens (tertiary/aromatic N) is 2. The molecule has 1 aliphatic rings. The average molecular weight is 310 g/mol.